The number of epoxide rings is 1. The third kappa shape index (κ3) is 2.28. The van der Waals surface area contributed by atoms with E-state index in [0.717, 1.165) is 12.8 Å². The first-order chi connectivity index (χ1) is 13.2. The van der Waals surface area contributed by atoms with Crippen LogP contribution in [0, 0.1) is 11.3 Å². The van der Waals surface area contributed by atoms with E-state index in [2.05, 4.69) is 13.8 Å². The van der Waals surface area contributed by atoms with Crippen molar-refractivity contribution in [1.82, 2.24) is 0 Å². The summed E-state index contributed by atoms with van der Waals surface area (Å²) in [5, 5.41) is 0. The first kappa shape index (κ1) is 19.6. The Bertz CT molecular complexity index is 797. The minimum atomic E-state index is -1.21. The molecule has 0 amide bonds. The summed E-state index contributed by atoms with van der Waals surface area (Å²) in [6, 6.07) is 0. The smallest absolute Gasteiger partial charge is 0.336 e. The number of ether oxygens (including phenoxy) is 4. The molecule has 0 aromatic rings. The third-order valence-electron chi connectivity index (χ3n) is 7.65. The molecule has 4 rings (SSSR count). The van der Waals surface area contributed by atoms with E-state index in [1.165, 1.54) is 0 Å². The summed E-state index contributed by atoms with van der Waals surface area (Å²) in [6.45, 7) is 11.9. The molecule has 2 aliphatic heterocycles. The summed E-state index contributed by atoms with van der Waals surface area (Å²) >= 11 is 0. The fraction of sp³-hybridized carbons (Fsp3) is 0.727. The predicted molar refractivity (Wildman–Crippen MR) is 101 cm³/mol. The molecule has 28 heavy (non-hydrogen) atoms. The van der Waals surface area contributed by atoms with Crippen LogP contribution in [0.15, 0.2) is 22.8 Å². The number of allylic oxidation sites excluding steroid dienone is 1. The first-order valence-corrected chi connectivity index (χ1v) is 10.3. The van der Waals surface area contributed by atoms with E-state index in [1.807, 2.05) is 6.92 Å². The zero-order valence-electron chi connectivity index (χ0n) is 17.6. The summed E-state index contributed by atoms with van der Waals surface area (Å²) in [4.78, 5) is 25.4. The molecule has 2 heterocycles. The minimum Gasteiger partial charge on any atom is -0.453 e. The number of rotatable bonds is 4. The van der Waals surface area contributed by atoms with Gasteiger partial charge in [-0.05, 0) is 46.5 Å². The van der Waals surface area contributed by atoms with Crippen molar-refractivity contribution in [2.75, 3.05) is 6.61 Å². The fourth-order valence-corrected chi connectivity index (χ4v) is 5.67. The zero-order chi connectivity index (χ0) is 20.5. The Labute approximate surface area is 166 Å². The lowest BCUT2D eigenvalue weighted by molar-refractivity contribution is -0.244. The number of hydrogen-bond donors (Lipinski definition) is 0. The van der Waals surface area contributed by atoms with Crippen molar-refractivity contribution in [3.63, 3.8) is 0 Å². The molecule has 0 bridgehead atoms. The third-order valence-corrected chi connectivity index (χ3v) is 7.65. The average Bonchev–Trinajstić information content (AvgIpc) is 3.30. The minimum absolute atomic E-state index is 0.0798. The highest BCUT2D eigenvalue weighted by Gasteiger charge is 2.81. The Morgan fingerprint density at radius 2 is 2.07 bits per heavy atom. The average molecular weight is 390 g/mol. The molecule has 154 valence electrons. The highest BCUT2D eigenvalue weighted by Crippen LogP contribution is 2.71. The van der Waals surface area contributed by atoms with Gasteiger partial charge in [0.25, 0.3) is 0 Å². The maximum atomic E-state index is 12.8. The highest BCUT2D eigenvalue weighted by atomic mass is 16.7. The number of carbonyl (C=O) groups excluding carboxylic acids is 2. The predicted octanol–water partition coefficient (Wildman–Crippen LogP) is 3.45. The van der Waals surface area contributed by atoms with Crippen LogP contribution in [-0.4, -0.2) is 42.1 Å². The molecule has 2 saturated carbocycles. The molecule has 1 saturated heterocycles. The molecular weight excluding hydrogens is 360 g/mol. The van der Waals surface area contributed by atoms with Crippen molar-refractivity contribution in [3.05, 3.63) is 22.8 Å². The molecule has 2 aliphatic carbocycles. The molecule has 4 aliphatic rings. The van der Waals surface area contributed by atoms with Crippen LogP contribution in [-0.2, 0) is 28.5 Å². The van der Waals surface area contributed by atoms with Crippen LogP contribution in [0.2, 0.25) is 0 Å². The first-order valence-electron chi connectivity index (χ1n) is 10.3. The van der Waals surface area contributed by atoms with E-state index in [4.69, 9.17) is 18.9 Å². The normalized spacial score (nSPS) is 44.4. The second-order valence-corrected chi connectivity index (χ2v) is 8.81. The molecule has 0 unspecified atom stereocenters. The van der Waals surface area contributed by atoms with Crippen molar-refractivity contribution >= 4 is 11.9 Å². The second-order valence-electron chi connectivity index (χ2n) is 8.81. The van der Waals surface area contributed by atoms with Crippen LogP contribution in [0.5, 0.6) is 0 Å². The summed E-state index contributed by atoms with van der Waals surface area (Å²) < 4.78 is 24.3. The van der Waals surface area contributed by atoms with Crippen LogP contribution in [0.25, 0.3) is 0 Å². The number of hydrogen-bond acceptors (Lipinski definition) is 6. The zero-order valence-corrected chi connectivity index (χ0v) is 17.6. The lowest BCUT2D eigenvalue weighted by Crippen LogP contribution is -2.65. The molecule has 0 radical (unpaired) electrons. The highest BCUT2D eigenvalue weighted by molar-refractivity contribution is 5.93. The monoisotopic (exact) mass is 390 g/mol. The van der Waals surface area contributed by atoms with Gasteiger partial charge >= 0.3 is 11.9 Å². The van der Waals surface area contributed by atoms with E-state index in [-0.39, 0.29) is 18.0 Å². The summed E-state index contributed by atoms with van der Waals surface area (Å²) in [5.41, 5.74) is 0.710. The van der Waals surface area contributed by atoms with E-state index in [0.29, 0.717) is 29.7 Å². The summed E-state index contributed by atoms with van der Waals surface area (Å²) in [5.74, 6) is -1.75. The molecule has 0 aromatic carbocycles. The van der Waals surface area contributed by atoms with Crippen molar-refractivity contribution in [1.29, 1.82) is 0 Å². The summed E-state index contributed by atoms with van der Waals surface area (Å²) in [7, 11) is 0. The molecule has 3 fully saturated rings. The molecule has 6 nitrogen and oxygen atoms in total. The van der Waals surface area contributed by atoms with Gasteiger partial charge in [0.2, 0.25) is 5.79 Å². The quantitative estimate of drug-likeness (QED) is 0.416. The van der Waals surface area contributed by atoms with Gasteiger partial charge in [0.1, 0.15) is 11.7 Å². The Hall–Kier alpha value is -1.66. The van der Waals surface area contributed by atoms with Gasteiger partial charge in [0.05, 0.1) is 18.1 Å². The molecule has 0 N–H and O–H groups in total. The van der Waals surface area contributed by atoms with Crippen LogP contribution in [0.4, 0.5) is 0 Å². The number of fused-ring (bicyclic) bond motifs is 1. The SMILES string of the molecule is C/C=C(/C)C(=O)O[C@@H]1C2=C(C)C(=O)O[C@@]2(OCC)C[C@@]23O[C@@H]2CC[C@H](C)[C@@]13C. The van der Waals surface area contributed by atoms with Gasteiger partial charge in [0, 0.05) is 23.2 Å². The number of esters is 2. The van der Waals surface area contributed by atoms with Gasteiger partial charge in [-0.15, -0.1) is 0 Å². The lowest BCUT2D eigenvalue weighted by Gasteiger charge is -2.55. The van der Waals surface area contributed by atoms with Gasteiger partial charge in [-0.25, -0.2) is 9.59 Å². The molecule has 1 spiro atoms. The van der Waals surface area contributed by atoms with Crippen LogP contribution in [0.1, 0.15) is 60.8 Å². The largest absolute Gasteiger partial charge is 0.453 e. The maximum absolute atomic E-state index is 12.8. The maximum Gasteiger partial charge on any atom is 0.336 e. The van der Waals surface area contributed by atoms with Crippen LogP contribution < -0.4 is 0 Å². The summed E-state index contributed by atoms with van der Waals surface area (Å²) in [6.07, 6.45) is 3.58. The number of carbonyl (C=O) groups is 2. The molecule has 6 atom stereocenters. The Balaban J connectivity index is 1.89. The van der Waals surface area contributed by atoms with Gasteiger partial charge in [-0.3, -0.25) is 0 Å². The van der Waals surface area contributed by atoms with E-state index < -0.39 is 28.9 Å². The second kappa shape index (κ2) is 6.17. The van der Waals surface area contributed by atoms with E-state index in [9.17, 15) is 9.59 Å². The van der Waals surface area contributed by atoms with Gasteiger partial charge in [0.15, 0.2) is 0 Å². The van der Waals surface area contributed by atoms with E-state index in [1.54, 1.807) is 26.8 Å². The lowest BCUT2D eigenvalue weighted by atomic mass is 9.51. The van der Waals surface area contributed by atoms with Gasteiger partial charge in [-0.1, -0.05) is 19.9 Å². The van der Waals surface area contributed by atoms with Gasteiger partial charge in [-0.2, -0.15) is 0 Å². The van der Waals surface area contributed by atoms with Crippen LogP contribution in [0.3, 0.4) is 0 Å². The van der Waals surface area contributed by atoms with Crippen molar-refractivity contribution in [2.24, 2.45) is 11.3 Å². The molecular formula is C22H30O6. The Morgan fingerprint density at radius 3 is 2.71 bits per heavy atom. The van der Waals surface area contributed by atoms with E-state index >= 15 is 0 Å². The molecule has 6 heteroatoms. The fourth-order valence-electron chi connectivity index (χ4n) is 5.67. The van der Waals surface area contributed by atoms with Crippen LogP contribution >= 0.6 is 0 Å². The van der Waals surface area contributed by atoms with Crippen molar-refractivity contribution in [3.8, 4) is 0 Å². The topological polar surface area (TPSA) is 74.4 Å². The van der Waals surface area contributed by atoms with Crippen molar-refractivity contribution < 1.29 is 28.5 Å². The standard InChI is InChI=1S/C22H30O6/c1-7-12(3)18(23)26-17-16-14(5)19(24)28-22(16,25-8-2)11-21-15(27-21)10-9-13(4)20(17,21)6/h7,13,15,17H,8-11H2,1-6H3/b12-7-/t13-,15+,17+,20-,21+,22-/m0/s1. The Kier molecular flexibility index (Phi) is 4.33. The molecule has 0 aromatic heterocycles. The van der Waals surface area contributed by atoms with Gasteiger partial charge < -0.3 is 18.9 Å². The van der Waals surface area contributed by atoms with Crippen molar-refractivity contribution in [2.45, 2.75) is 84.4 Å². The Morgan fingerprint density at radius 1 is 1.36 bits per heavy atom.